The molecule has 0 fully saturated rings. The average Bonchev–Trinajstić information content (AvgIpc) is 1.98. The lowest BCUT2D eigenvalue weighted by molar-refractivity contribution is 0.333. The first kappa shape index (κ1) is 11.7. The molecule has 2 atom stereocenters. The summed E-state index contributed by atoms with van der Waals surface area (Å²) >= 11 is 0. The smallest absolute Gasteiger partial charge is 0.00700 e. The number of rotatable bonds is 5. The van der Waals surface area contributed by atoms with Crippen LogP contribution in [0.25, 0.3) is 0 Å². The number of hydrogen-bond donors (Lipinski definition) is 1. The van der Waals surface area contributed by atoms with E-state index in [0.29, 0.717) is 17.9 Å². The fraction of sp³-hybridized carbons (Fsp3) is 0.818. The van der Waals surface area contributed by atoms with Crippen LogP contribution in [0.15, 0.2) is 12.2 Å². The van der Waals surface area contributed by atoms with Crippen LogP contribution in [-0.2, 0) is 0 Å². The Morgan fingerprint density at radius 3 is 2.17 bits per heavy atom. The second-order valence-electron chi connectivity index (χ2n) is 4.26. The summed E-state index contributed by atoms with van der Waals surface area (Å²) < 4.78 is 0. The largest absolute Gasteiger partial charge is 0.327 e. The minimum atomic E-state index is 0.335. The molecule has 0 bridgehead atoms. The monoisotopic (exact) mass is 169 g/mol. The van der Waals surface area contributed by atoms with Crippen LogP contribution in [0.1, 0.15) is 40.5 Å². The van der Waals surface area contributed by atoms with Gasteiger partial charge in [-0.15, -0.1) is 6.58 Å². The Morgan fingerprint density at radius 1 is 1.33 bits per heavy atom. The van der Waals surface area contributed by atoms with Gasteiger partial charge in [-0.25, -0.2) is 0 Å². The molecule has 0 aliphatic carbocycles. The Bertz CT molecular complexity index is 138. The molecule has 1 heteroatoms. The van der Waals surface area contributed by atoms with Gasteiger partial charge in [0.05, 0.1) is 0 Å². The number of allylic oxidation sites excluding steroid dienone is 1. The Morgan fingerprint density at radius 2 is 1.83 bits per heavy atom. The predicted octanol–water partition coefficient (Wildman–Crippen LogP) is 2.96. The highest BCUT2D eigenvalue weighted by Crippen LogP contribution is 2.17. The molecular formula is C11H23N. The third-order valence-electron chi connectivity index (χ3n) is 2.63. The summed E-state index contributed by atoms with van der Waals surface area (Å²) in [6, 6.07) is 0.335. The summed E-state index contributed by atoms with van der Waals surface area (Å²) in [4.78, 5) is 0. The SMILES string of the molecule is C=C(C)CCC(N)C(C)C(C)C. The highest BCUT2D eigenvalue weighted by atomic mass is 14.6. The summed E-state index contributed by atoms with van der Waals surface area (Å²) in [6.45, 7) is 12.6. The first-order valence-electron chi connectivity index (χ1n) is 4.85. The highest BCUT2D eigenvalue weighted by Gasteiger charge is 2.15. The van der Waals surface area contributed by atoms with Crippen molar-refractivity contribution < 1.29 is 0 Å². The topological polar surface area (TPSA) is 26.0 Å². The molecule has 0 heterocycles. The van der Waals surface area contributed by atoms with Crippen LogP contribution in [0.5, 0.6) is 0 Å². The van der Waals surface area contributed by atoms with Crippen molar-refractivity contribution in [2.24, 2.45) is 17.6 Å². The van der Waals surface area contributed by atoms with E-state index < -0.39 is 0 Å². The van der Waals surface area contributed by atoms with Crippen LogP contribution in [0.2, 0.25) is 0 Å². The van der Waals surface area contributed by atoms with E-state index in [4.69, 9.17) is 5.73 Å². The van der Waals surface area contributed by atoms with E-state index in [1.807, 2.05) is 0 Å². The molecule has 0 rings (SSSR count). The molecule has 0 amide bonds. The zero-order chi connectivity index (χ0) is 9.72. The molecule has 72 valence electrons. The Kier molecular flexibility index (Phi) is 5.23. The molecule has 0 aromatic heterocycles. The van der Waals surface area contributed by atoms with Crippen molar-refractivity contribution in [3.63, 3.8) is 0 Å². The fourth-order valence-electron chi connectivity index (χ4n) is 1.17. The van der Waals surface area contributed by atoms with E-state index in [1.54, 1.807) is 0 Å². The maximum absolute atomic E-state index is 6.03. The van der Waals surface area contributed by atoms with Crippen molar-refractivity contribution in [1.29, 1.82) is 0 Å². The van der Waals surface area contributed by atoms with Gasteiger partial charge >= 0.3 is 0 Å². The molecule has 2 unspecified atom stereocenters. The summed E-state index contributed by atoms with van der Waals surface area (Å²) in [5.41, 5.74) is 7.26. The molecule has 2 N–H and O–H groups in total. The van der Waals surface area contributed by atoms with Gasteiger partial charge in [0.25, 0.3) is 0 Å². The first-order chi connectivity index (χ1) is 5.45. The third-order valence-corrected chi connectivity index (χ3v) is 2.63. The summed E-state index contributed by atoms with van der Waals surface area (Å²) in [7, 11) is 0. The van der Waals surface area contributed by atoms with E-state index in [9.17, 15) is 0 Å². The maximum atomic E-state index is 6.03. The molecule has 0 aromatic carbocycles. The Labute approximate surface area is 77.0 Å². The second-order valence-corrected chi connectivity index (χ2v) is 4.26. The Balaban J connectivity index is 3.71. The van der Waals surface area contributed by atoms with Gasteiger partial charge in [0.15, 0.2) is 0 Å². The lowest BCUT2D eigenvalue weighted by atomic mass is 9.88. The first-order valence-corrected chi connectivity index (χ1v) is 4.85. The maximum Gasteiger partial charge on any atom is 0.00700 e. The minimum Gasteiger partial charge on any atom is -0.327 e. The van der Waals surface area contributed by atoms with Crippen molar-refractivity contribution in [2.45, 2.75) is 46.6 Å². The van der Waals surface area contributed by atoms with Gasteiger partial charge in [0.2, 0.25) is 0 Å². The van der Waals surface area contributed by atoms with E-state index >= 15 is 0 Å². The fourth-order valence-corrected chi connectivity index (χ4v) is 1.17. The van der Waals surface area contributed by atoms with Crippen LogP contribution in [0.3, 0.4) is 0 Å². The molecule has 0 aliphatic rings. The summed E-state index contributed by atoms with van der Waals surface area (Å²) in [5.74, 6) is 1.30. The molecule has 0 saturated carbocycles. The molecule has 0 spiro atoms. The number of nitrogens with two attached hydrogens (primary N) is 1. The lowest BCUT2D eigenvalue weighted by Gasteiger charge is -2.23. The quantitative estimate of drug-likeness (QED) is 0.629. The van der Waals surface area contributed by atoms with Crippen LogP contribution >= 0.6 is 0 Å². The molecule has 0 aliphatic heterocycles. The standard InChI is InChI=1S/C11H23N/c1-8(2)6-7-11(12)10(5)9(3)4/h9-11H,1,6-7,12H2,2-5H3. The summed E-state index contributed by atoms with van der Waals surface area (Å²) in [6.07, 6.45) is 2.15. The van der Waals surface area contributed by atoms with Crippen LogP contribution < -0.4 is 5.73 Å². The van der Waals surface area contributed by atoms with Gasteiger partial charge in [-0.2, -0.15) is 0 Å². The molecular weight excluding hydrogens is 146 g/mol. The van der Waals surface area contributed by atoms with E-state index in [0.717, 1.165) is 12.8 Å². The van der Waals surface area contributed by atoms with Gasteiger partial charge in [-0.3, -0.25) is 0 Å². The number of hydrogen-bond acceptors (Lipinski definition) is 1. The van der Waals surface area contributed by atoms with Gasteiger partial charge < -0.3 is 5.73 Å². The third kappa shape index (κ3) is 4.55. The normalized spacial score (nSPS) is 16.2. The van der Waals surface area contributed by atoms with Crippen molar-refractivity contribution in [2.75, 3.05) is 0 Å². The zero-order valence-corrected chi connectivity index (χ0v) is 8.93. The molecule has 12 heavy (non-hydrogen) atoms. The lowest BCUT2D eigenvalue weighted by Crippen LogP contribution is -2.31. The second kappa shape index (κ2) is 5.36. The van der Waals surface area contributed by atoms with Crippen LogP contribution in [0.4, 0.5) is 0 Å². The van der Waals surface area contributed by atoms with Gasteiger partial charge in [-0.1, -0.05) is 26.3 Å². The molecule has 0 saturated heterocycles. The van der Waals surface area contributed by atoms with Gasteiger partial charge in [-0.05, 0) is 31.6 Å². The van der Waals surface area contributed by atoms with E-state index in [1.165, 1.54) is 5.57 Å². The Hall–Kier alpha value is -0.300. The van der Waals surface area contributed by atoms with E-state index in [-0.39, 0.29) is 0 Å². The molecule has 1 nitrogen and oxygen atoms in total. The van der Waals surface area contributed by atoms with Crippen LogP contribution in [-0.4, -0.2) is 6.04 Å². The minimum absolute atomic E-state index is 0.335. The van der Waals surface area contributed by atoms with Crippen molar-refractivity contribution in [1.82, 2.24) is 0 Å². The van der Waals surface area contributed by atoms with Crippen molar-refractivity contribution in [3.05, 3.63) is 12.2 Å². The van der Waals surface area contributed by atoms with Crippen molar-refractivity contribution >= 4 is 0 Å². The van der Waals surface area contributed by atoms with Gasteiger partial charge in [0, 0.05) is 6.04 Å². The predicted molar refractivity (Wildman–Crippen MR) is 56.0 cm³/mol. The van der Waals surface area contributed by atoms with Gasteiger partial charge in [0.1, 0.15) is 0 Å². The molecule has 0 aromatic rings. The highest BCUT2D eigenvalue weighted by molar-refractivity contribution is 4.89. The average molecular weight is 169 g/mol. The molecule has 0 radical (unpaired) electrons. The van der Waals surface area contributed by atoms with Crippen LogP contribution in [0, 0.1) is 11.8 Å². The summed E-state index contributed by atoms with van der Waals surface area (Å²) in [5, 5.41) is 0. The van der Waals surface area contributed by atoms with Crippen molar-refractivity contribution in [3.8, 4) is 0 Å². The van der Waals surface area contributed by atoms with E-state index in [2.05, 4.69) is 34.3 Å². The zero-order valence-electron chi connectivity index (χ0n) is 8.93.